The highest BCUT2D eigenvalue weighted by molar-refractivity contribution is 9.10. The molecule has 0 aromatic heterocycles. The highest BCUT2D eigenvalue weighted by Crippen LogP contribution is 2.21. The third-order valence-electron chi connectivity index (χ3n) is 3.44. The van der Waals surface area contributed by atoms with Crippen molar-refractivity contribution in [3.63, 3.8) is 0 Å². The Labute approximate surface area is 132 Å². The van der Waals surface area contributed by atoms with Crippen LogP contribution in [0.15, 0.2) is 22.7 Å². The van der Waals surface area contributed by atoms with Gasteiger partial charge >= 0.3 is 0 Å². The Morgan fingerprint density at radius 1 is 1.15 bits per heavy atom. The first kappa shape index (κ1) is 17.7. The molecule has 0 amide bonds. The Balaban J connectivity index is 2.51. The standard InChI is InChI=1S/C17H28BrNO/c1-12(2)9-19-10-15-6-7-16(17(18)8-15)11-20-14(5)13(3)4/h6-8,12-14,19H,9-11H2,1-5H3. The van der Waals surface area contributed by atoms with Gasteiger partial charge in [-0.1, -0.05) is 55.8 Å². The average Bonchev–Trinajstić information content (AvgIpc) is 2.36. The zero-order chi connectivity index (χ0) is 15.1. The second kappa shape index (κ2) is 8.81. The van der Waals surface area contributed by atoms with Crippen molar-refractivity contribution in [2.24, 2.45) is 11.8 Å². The van der Waals surface area contributed by atoms with Crippen LogP contribution in [-0.2, 0) is 17.9 Å². The maximum absolute atomic E-state index is 5.88. The average molecular weight is 342 g/mol. The van der Waals surface area contributed by atoms with E-state index in [2.05, 4.69) is 74.1 Å². The first-order chi connectivity index (χ1) is 9.40. The van der Waals surface area contributed by atoms with Crippen molar-refractivity contribution < 1.29 is 4.74 Å². The van der Waals surface area contributed by atoms with Crippen molar-refractivity contribution in [3.05, 3.63) is 33.8 Å². The molecule has 1 aromatic carbocycles. The van der Waals surface area contributed by atoms with Gasteiger partial charge in [-0.25, -0.2) is 0 Å². The van der Waals surface area contributed by atoms with Crippen LogP contribution in [0.1, 0.15) is 45.7 Å². The van der Waals surface area contributed by atoms with Crippen molar-refractivity contribution >= 4 is 15.9 Å². The van der Waals surface area contributed by atoms with Crippen molar-refractivity contribution in [1.82, 2.24) is 5.32 Å². The summed E-state index contributed by atoms with van der Waals surface area (Å²) in [6.45, 7) is 13.6. The molecular formula is C17H28BrNO. The topological polar surface area (TPSA) is 21.3 Å². The lowest BCUT2D eigenvalue weighted by atomic mass is 10.1. The van der Waals surface area contributed by atoms with Crippen LogP contribution in [0.5, 0.6) is 0 Å². The van der Waals surface area contributed by atoms with Gasteiger partial charge in [0.05, 0.1) is 12.7 Å². The summed E-state index contributed by atoms with van der Waals surface area (Å²) in [5.41, 5.74) is 2.52. The number of benzene rings is 1. The van der Waals surface area contributed by atoms with Crippen LogP contribution < -0.4 is 5.32 Å². The number of nitrogens with one attached hydrogen (secondary N) is 1. The van der Waals surface area contributed by atoms with Gasteiger partial charge in [0.2, 0.25) is 0 Å². The van der Waals surface area contributed by atoms with Crippen LogP contribution in [0.3, 0.4) is 0 Å². The van der Waals surface area contributed by atoms with E-state index in [1.165, 1.54) is 11.1 Å². The second-order valence-electron chi connectivity index (χ2n) is 6.21. The molecule has 1 unspecified atom stereocenters. The molecule has 0 saturated heterocycles. The summed E-state index contributed by atoms with van der Waals surface area (Å²) >= 11 is 3.65. The molecular weight excluding hydrogens is 314 g/mol. The van der Waals surface area contributed by atoms with Gasteiger partial charge in [-0.2, -0.15) is 0 Å². The summed E-state index contributed by atoms with van der Waals surface area (Å²) in [6.07, 6.45) is 0.286. The first-order valence-corrected chi connectivity index (χ1v) is 8.29. The number of ether oxygens (including phenoxy) is 1. The number of hydrogen-bond acceptors (Lipinski definition) is 2. The zero-order valence-corrected chi connectivity index (χ0v) is 15.0. The third-order valence-corrected chi connectivity index (χ3v) is 4.18. The minimum Gasteiger partial charge on any atom is -0.374 e. The Kier molecular flexibility index (Phi) is 7.78. The number of hydrogen-bond donors (Lipinski definition) is 1. The van der Waals surface area contributed by atoms with E-state index in [-0.39, 0.29) is 6.10 Å². The molecule has 1 N–H and O–H groups in total. The third kappa shape index (κ3) is 6.38. The van der Waals surface area contributed by atoms with Crippen LogP contribution in [0.25, 0.3) is 0 Å². The highest BCUT2D eigenvalue weighted by Gasteiger charge is 2.09. The first-order valence-electron chi connectivity index (χ1n) is 7.49. The van der Waals surface area contributed by atoms with Gasteiger partial charge in [0, 0.05) is 11.0 Å². The van der Waals surface area contributed by atoms with E-state index in [0.29, 0.717) is 18.4 Å². The fourth-order valence-electron chi connectivity index (χ4n) is 1.74. The Bertz CT molecular complexity index is 404. The summed E-state index contributed by atoms with van der Waals surface area (Å²) < 4.78 is 7.01. The molecule has 0 aliphatic rings. The lowest BCUT2D eigenvalue weighted by Crippen LogP contribution is -2.19. The molecule has 20 heavy (non-hydrogen) atoms. The van der Waals surface area contributed by atoms with Crippen LogP contribution in [0, 0.1) is 11.8 Å². The number of halogens is 1. The zero-order valence-electron chi connectivity index (χ0n) is 13.4. The van der Waals surface area contributed by atoms with E-state index in [0.717, 1.165) is 17.6 Å². The quantitative estimate of drug-likeness (QED) is 0.736. The molecule has 1 atom stereocenters. The van der Waals surface area contributed by atoms with Crippen LogP contribution in [0.4, 0.5) is 0 Å². The monoisotopic (exact) mass is 341 g/mol. The van der Waals surface area contributed by atoms with Gasteiger partial charge in [0.1, 0.15) is 0 Å². The molecule has 3 heteroatoms. The minimum absolute atomic E-state index is 0.286. The smallest absolute Gasteiger partial charge is 0.0731 e. The Hall–Kier alpha value is -0.380. The van der Waals surface area contributed by atoms with E-state index in [1.807, 2.05) is 0 Å². The Morgan fingerprint density at radius 3 is 2.40 bits per heavy atom. The summed E-state index contributed by atoms with van der Waals surface area (Å²) in [5.74, 6) is 1.23. The summed E-state index contributed by atoms with van der Waals surface area (Å²) in [4.78, 5) is 0. The molecule has 0 fully saturated rings. The lowest BCUT2D eigenvalue weighted by molar-refractivity contribution is 0.0232. The summed E-state index contributed by atoms with van der Waals surface area (Å²) in [7, 11) is 0. The number of rotatable bonds is 8. The fourth-order valence-corrected chi connectivity index (χ4v) is 2.28. The molecule has 1 aromatic rings. The van der Waals surface area contributed by atoms with Gasteiger partial charge in [0.15, 0.2) is 0 Å². The van der Waals surface area contributed by atoms with Gasteiger partial charge in [-0.05, 0) is 42.5 Å². The molecule has 114 valence electrons. The fraction of sp³-hybridized carbons (Fsp3) is 0.647. The molecule has 0 radical (unpaired) electrons. The molecule has 0 bridgehead atoms. The van der Waals surface area contributed by atoms with Crippen molar-refractivity contribution in [1.29, 1.82) is 0 Å². The van der Waals surface area contributed by atoms with Gasteiger partial charge in [0.25, 0.3) is 0 Å². The highest BCUT2D eigenvalue weighted by atomic mass is 79.9. The van der Waals surface area contributed by atoms with E-state index in [1.54, 1.807) is 0 Å². The predicted octanol–water partition coefficient (Wildman–Crippen LogP) is 4.76. The molecule has 0 heterocycles. The lowest BCUT2D eigenvalue weighted by Gasteiger charge is -2.17. The Morgan fingerprint density at radius 2 is 1.85 bits per heavy atom. The van der Waals surface area contributed by atoms with Gasteiger partial charge in [-0.3, -0.25) is 0 Å². The molecule has 0 saturated carbocycles. The van der Waals surface area contributed by atoms with E-state index >= 15 is 0 Å². The molecule has 0 aliphatic heterocycles. The molecule has 0 spiro atoms. The van der Waals surface area contributed by atoms with Crippen molar-refractivity contribution in [2.45, 2.75) is 53.9 Å². The minimum atomic E-state index is 0.286. The van der Waals surface area contributed by atoms with E-state index in [4.69, 9.17) is 4.74 Å². The van der Waals surface area contributed by atoms with Crippen LogP contribution >= 0.6 is 15.9 Å². The van der Waals surface area contributed by atoms with Gasteiger partial charge in [-0.15, -0.1) is 0 Å². The largest absolute Gasteiger partial charge is 0.374 e. The van der Waals surface area contributed by atoms with E-state index in [9.17, 15) is 0 Å². The maximum atomic E-state index is 5.88. The van der Waals surface area contributed by atoms with Crippen molar-refractivity contribution in [3.8, 4) is 0 Å². The SMILES string of the molecule is CC(C)CNCc1ccc(COC(C)C(C)C)c(Br)c1. The predicted molar refractivity (Wildman–Crippen MR) is 89.8 cm³/mol. The molecule has 1 rings (SSSR count). The van der Waals surface area contributed by atoms with E-state index < -0.39 is 0 Å². The van der Waals surface area contributed by atoms with Gasteiger partial charge < -0.3 is 10.1 Å². The second-order valence-corrected chi connectivity index (χ2v) is 7.06. The normalized spacial score (nSPS) is 13.2. The summed E-state index contributed by atoms with van der Waals surface area (Å²) in [5, 5.41) is 3.46. The summed E-state index contributed by atoms with van der Waals surface area (Å²) in [6, 6.07) is 6.52. The molecule has 2 nitrogen and oxygen atoms in total. The van der Waals surface area contributed by atoms with Crippen molar-refractivity contribution in [2.75, 3.05) is 6.54 Å². The van der Waals surface area contributed by atoms with Crippen LogP contribution in [0.2, 0.25) is 0 Å². The molecule has 0 aliphatic carbocycles. The maximum Gasteiger partial charge on any atom is 0.0731 e. The van der Waals surface area contributed by atoms with Crippen LogP contribution in [-0.4, -0.2) is 12.6 Å².